The molecule has 0 spiro atoms. The Hall–Kier alpha value is -2.44. The van der Waals surface area contributed by atoms with Crippen molar-refractivity contribution in [3.63, 3.8) is 0 Å². The van der Waals surface area contributed by atoms with Crippen LogP contribution in [0, 0.1) is 0 Å². The van der Waals surface area contributed by atoms with Crippen molar-refractivity contribution >= 4 is 5.91 Å². The van der Waals surface area contributed by atoms with Crippen LogP contribution in [0.2, 0.25) is 0 Å². The van der Waals surface area contributed by atoms with E-state index in [1.165, 1.54) is 0 Å². The van der Waals surface area contributed by atoms with Gasteiger partial charge in [0.1, 0.15) is 5.75 Å². The predicted octanol–water partition coefficient (Wildman–Crippen LogP) is 0.992. The first-order chi connectivity index (χ1) is 10.2. The number of nitrogens with one attached hydrogen (secondary N) is 1. The second-order valence-corrected chi connectivity index (χ2v) is 4.84. The molecule has 21 heavy (non-hydrogen) atoms. The van der Waals surface area contributed by atoms with Gasteiger partial charge in [-0.15, -0.1) is 5.10 Å². The van der Waals surface area contributed by atoms with Gasteiger partial charge in [0.15, 0.2) is 12.4 Å². The largest absolute Gasteiger partial charge is 0.484 e. The fourth-order valence-electron chi connectivity index (χ4n) is 1.81. The van der Waals surface area contributed by atoms with Gasteiger partial charge in [-0.25, -0.2) is 4.68 Å². The monoisotopic (exact) mass is 289 g/mol. The van der Waals surface area contributed by atoms with E-state index in [1.54, 1.807) is 4.68 Å². The quantitative estimate of drug-likeness (QED) is 0.822. The number of para-hydroxylation sites is 1. The maximum Gasteiger partial charge on any atom is 0.257 e. The molecule has 0 atom stereocenters. The number of aromatic nitrogens is 4. The summed E-state index contributed by atoms with van der Waals surface area (Å²) >= 11 is 0. The lowest BCUT2D eigenvalue weighted by Gasteiger charge is -2.09. The molecule has 112 valence electrons. The van der Waals surface area contributed by atoms with Gasteiger partial charge in [0.25, 0.3) is 5.91 Å². The van der Waals surface area contributed by atoms with E-state index in [4.69, 9.17) is 4.74 Å². The molecule has 0 aliphatic rings. The highest BCUT2D eigenvalue weighted by molar-refractivity contribution is 5.77. The van der Waals surface area contributed by atoms with E-state index in [1.807, 2.05) is 44.2 Å². The van der Waals surface area contributed by atoms with Crippen LogP contribution < -0.4 is 10.1 Å². The van der Waals surface area contributed by atoms with Crippen LogP contribution in [0.1, 0.15) is 25.7 Å². The van der Waals surface area contributed by atoms with E-state index in [9.17, 15) is 4.79 Å². The molecule has 2 aromatic rings. The highest BCUT2D eigenvalue weighted by atomic mass is 16.5. The van der Waals surface area contributed by atoms with Crippen molar-refractivity contribution in [2.24, 2.45) is 0 Å². The summed E-state index contributed by atoms with van der Waals surface area (Å²) in [4.78, 5) is 11.7. The SMILES string of the molecule is CC(C)n1nnnc1CCNC(=O)COc1ccccc1. The average molecular weight is 289 g/mol. The second kappa shape index (κ2) is 7.37. The maximum absolute atomic E-state index is 11.7. The molecular formula is C14H19N5O2. The van der Waals surface area contributed by atoms with Gasteiger partial charge in [0.2, 0.25) is 0 Å². The highest BCUT2D eigenvalue weighted by Gasteiger charge is 2.09. The lowest BCUT2D eigenvalue weighted by Crippen LogP contribution is -2.31. The molecular weight excluding hydrogens is 270 g/mol. The molecule has 7 nitrogen and oxygen atoms in total. The lowest BCUT2D eigenvalue weighted by molar-refractivity contribution is -0.123. The molecule has 2 rings (SSSR count). The molecule has 1 N–H and O–H groups in total. The van der Waals surface area contributed by atoms with Crippen molar-refractivity contribution in [2.75, 3.05) is 13.2 Å². The fraction of sp³-hybridized carbons (Fsp3) is 0.429. The van der Waals surface area contributed by atoms with Gasteiger partial charge in [-0.1, -0.05) is 18.2 Å². The number of nitrogens with zero attached hydrogens (tertiary/aromatic N) is 4. The predicted molar refractivity (Wildman–Crippen MR) is 76.9 cm³/mol. The van der Waals surface area contributed by atoms with Gasteiger partial charge in [-0.3, -0.25) is 4.79 Å². The fourth-order valence-corrected chi connectivity index (χ4v) is 1.81. The van der Waals surface area contributed by atoms with Crippen molar-refractivity contribution in [3.8, 4) is 5.75 Å². The minimum absolute atomic E-state index is 0.000859. The topological polar surface area (TPSA) is 81.9 Å². The summed E-state index contributed by atoms with van der Waals surface area (Å²) in [6.45, 7) is 4.49. The van der Waals surface area contributed by atoms with E-state index >= 15 is 0 Å². The number of benzene rings is 1. The van der Waals surface area contributed by atoms with E-state index in [0.717, 1.165) is 5.82 Å². The molecule has 0 aliphatic carbocycles. The van der Waals surface area contributed by atoms with Crippen LogP contribution in [0.4, 0.5) is 0 Å². The average Bonchev–Trinajstić information content (AvgIpc) is 2.95. The minimum atomic E-state index is -0.164. The van der Waals surface area contributed by atoms with Crippen LogP contribution in [0.3, 0.4) is 0 Å². The van der Waals surface area contributed by atoms with Gasteiger partial charge in [0, 0.05) is 13.0 Å². The zero-order chi connectivity index (χ0) is 15.1. The Bertz CT molecular complexity index is 568. The van der Waals surface area contributed by atoms with E-state index in [-0.39, 0.29) is 18.6 Å². The van der Waals surface area contributed by atoms with Crippen molar-refractivity contribution in [1.29, 1.82) is 0 Å². The van der Waals surface area contributed by atoms with Gasteiger partial charge >= 0.3 is 0 Å². The summed E-state index contributed by atoms with van der Waals surface area (Å²) in [5.74, 6) is 1.27. The van der Waals surface area contributed by atoms with Gasteiger partial charge in [-0.2, -0.15) is 0 Å². The lowest BCUT2D eigenvalue weighted by atomic mass is 10.3. The van der Waals surface area contributed by atoms with Gasteiger partial charge in [0.05, 0.1) is 6.04 Å². The van der Waals surface area contributed by atoms with E-state index in [2.05, 4.69) is 20.8 Å². The van der Waals surface area contributed by atoms with E-state index < -0.39 is 0 Å². The number of ether oxygens (including phenoxy) is 1. The number of hydrogen-bond acceptors (Lipinski definition) is 5. The molecule has 0 aliphatic heterocycles. The molecule has 0 unspecified atom stereocenters. The van der Waals surface area contributed by atoms with Crippen molar-refractivity contribution in [1.82, 2.24) is 25.5 Å². The number of carbonyl (C=O) groups excluding carboxylic acids is 1. The van der Waals surface area contributed by atoms with Gasteiger partial charge < -0.3 is 10.1 Å². The number of tetrazole rings is 1. The Morgan fingerprint density at radius 2 is 2.10 bits per heavy atom. The zero-order valence-electron chi connectivity index (χ0n) is 12.2. The number of carbonyl (C=O) groups is 1. The molecule has 1 heterocycles. The molecule has 1 aromatic heterocycles. The summed E-state index contributed by atoms with van der Waals surface area (Å²) < 4.78 is 7.10. The van der Waals surface area contributed by atoms with Crippen molar-refractivity contribution < 1.29 is 9.53 Å². The second-order valence-electron chi connectivity index (χ2n) is 4.84. The summed E-state index contributed by atoms with van der Waals surface area (Å²) in [7, 11) is 0. The van der Waals surface area contributed by atoms with Crippen LogP contribution in [0.25, 0.3) is 0 Å². The Morgan fingerprint density at radius 3 is 2.81 bits per heavy atom. The number of amides is 1. The number of rotatable bonds is 7. The maximum atomic E-state index is 11.7. The Morgan fingerprint density at radius 1 is 1.33 bits per heavy atom. The Balaban J connectivity index is 1.71. The van der Waals surface area contributed by atoms with E-state index in [0.29, 0.717) is 18.7 Å². The Labute approximate surface area is 123 Å². The summed E-state index contributed by atoms with van der Waals surface area (Å²) in [5.41, 5.74) is 0. The van der Waals surface area contributed by atoms with Crippen molar-refractivity contribution in [2.45, 2.75) is 26.3 Å². The third kappa shape index (κ3) is 4.55. The van der Waals surface area contributed by atoms with Crippen LogP contribution in [0.5, 0.6) is 5.75 Å². The third-order valence-corrected chi connectivity index (χ3v) is 2.83. The molecule has 0 fully saturated rings. The first-order valence-corrected chi connectivity index (χ1v) is 6.88. The standard InChI is InChI=1S/C14H19N5O2/c1-11(2)19-13(16-17-18-19)8-9-15-14(20)10-21-12-6-4-3-5-7-12/h3-7,11H,8-10H2,1-2H3,(H,15,20). The summed E-state index contributed by atoms with van der Waals surface area (Å²) in [5, 5.41) is 14.3. The van der Waals surface area contributed by atoms with Crippen LogP contribution in [0.15, 0.2) is 30.3 Å². The molecule has 0 saturated heterocycles. The van der Waals surface area contributed by atoms with Crippen LogP contribution in [-0.2, 0) is 11.2 Å². The first-order valence-electron chi connectivity index (χ1n) is 6.88. The molecule has 0 saturated carbocycles. The van der Waals surface area contributed by atoms with Crippen molar-refractivity contribution in [3.05, 3.63) is 36.2 Å². The van der Waals surface area contributed by atoms with Crippen LogP contribution >= 0.6 is 0 Å². The highest BCUT2D eigenvalue weighted by Crippen LogP contribution is 2.07. The normalized spacial score (nSPS) is 10.6. The number of hydrogen-bond donors (Lipinski definition) is 1. The molecule has 7 heteroatoms. The third-order valence-electron chi connectivity index (χ3n) is 2.83. The molecule has 1 amide bonds. The van der Waals surface area contributed by atoms with Gasteiger partial charge in [-0.05, 0) is 36.4 Å². The smallest absolute Gasteiger partial charge is 0.257 e. The molecule has 0 radical (unpaired) electrons. The van der Waals surface area contributed by atoms with Crippen LogP contribution in [-0.4, -0.2) is 39.3 Å². The zero-order valence-corrected chi connectivity index (χ0v) is 12.2. The molecule has 0 bridgehead atoms. The Kier molecular flexibility index (Phi) is 5.25. The first kappa shape index (κ1) is 15.0. The summed E-state index contributed by atoms with van der Waals surface area (Å²) in [6, 6.07) is 9.44. The minimum Gasteiger partial charge on any atom is -0.484 e. The molecule has 1 aromatic carbocycles. The summed E-state index contributed by atoms with van der Waals surface area (Å²) in [6.07, 6.45) is 0.586.